The van der Waals surface area contributed by atoms with E-state index < -0.39 is 0 Å². The molecule has 0 unspecified atom stereocenters. The van der Waals surface area contributed by atoms with Crippen molar-refractivity contribution >= 4 is 40.6 Å². The van der Waals surface area contributed by atoms with E-state index in [-0.39, 0.29) is 11.7 Å². The Kier molecular flexibility index (Phi) is 5.96. The van der Waals surface area contributed by atoms with Crippen LogP contribution in [0.25, 0.3) is 0 Å². The molecule has 1 fully saturated rings. The highest BCUT2D eigenvalue weighted by atomic mass is 35.5. The molecule has 0 saturated carbocycles. The molecule has 3 rings (SSSR count). The third-order valence-electron chi connectivity index (χ3n) is 3.59. The predicted octanol–water partition coefficient (Wildman–Crippen LogP) is 3.30. The minimum atomic E-state index is -0.0826. The topological polar surface area (TPSA) is 54.5 Å². The lowest BCUT2D eigenvalue weighted by Crippen LogP contribution is -2.36. The summed E-state index contributed by atoms with van der Waals surface area (Å²) in [5.41, 5.74) is 1.93. The lowest BCUT2D eigenvalue weighted by Gasteiger charge is -2.28. The Labute approximate surface area is 150 Å². The Hall–Kier alpha value is -1.76. The Morgan fingerprint density at radius 2 is 2.00 bits per heavy atom. The van der Waals surface area contributed by atoms with Gasteiger partial charge in [0.25, 0.3) is 0 Å². The average molecular weight is 364 g/mol. The number of amides is 1. The number of ether oxygens (including phenoxy) is 1. The number of nitrogens with one attached hydrogen (secondary N) is 1. The first kappa shape index (κ1) is 17.1. The minimum absolute atomic E-state index is 0.0826. The maximum atomic E-state index is 12.1. The van der Waals surface area contributed by atoms with E-state index in [9.17, 15) is 4.79 Å². The average Bonchev–Trinajstić information content (AvgIpc) is 2.62. The lowest BCUT2D eigenvalue weighted by molar-refractivity contribution is -0.113. The quantitative estimate of drug-likeness (QED) is 0.826. The van der Waals surface area contributed by atoms with Crippen LogP contribution < -0.4 is 10.2 Å². The molecule has 1 N–H and O–H groups in total. The number of aromatic nitrogens is 1. The predicted molar refractivity (Wildman–Crippen MR) is 98.1 cm³/mol. The van der Waals surface area contributed by atoms with Crippen LogP contribution in [0.15, 0.2) is 47.6 Å². The van der Waals surface area contributed by atoms with Gasteiger partial charge in [-0.05, 0) is 36.4 Å². The van der Waals surface area contributed by atoms with E-state index in [1.807, 2.05) is 24.3 Å². The molecule has 2 aromatic rings. The van der Waals surface area contributed by atoms with Crippen molar-refractivity contribution in [2.24, 2.45) is 0 Å². The summed E-state index contributed by atoms with van der Waals surface area (Å²) in [5, 5.41) is 4.11. The van der Waals surface area contributed by atoms with Crippen LogP contribution in [0.5, 0.6) is 0 Å². The van der Waals surface area contributed by atoms with E-state index in [0.717, 1.165) is 37.7 Å². The van der Waals surface area contributed by atoms with Gasteiger partial charge in [0.2, 0.25) is 5.91 Å². The normalized spacial score (nSPS) is 14.5. The van der Waals surface area contributed by atoms with Crippen molar-refractivity contribution in [3.05, 3.63) is 47.6 Å². The van der Waals surface area contributed by atoms with E-state index in [1.54, 1.807) is 18.3 Å². The molecule has 1 amide bonds. The Balaban J connectivity index is 1.52. The van der Waals surface area contributed by atoms with Gasteiger partial charge in [-0.1, -0.05) is 23.4 Å². The molecule has 1 aromatic heterocycles. The number of hydrogen-bond acceptors (Lipinski definition) is 5. The molecule has 0 aliphatic carbocycles. The van der Waals surface area contributed by atoms with Crippen molar-refractivity contribution in [3.8, 4) is 0 Å². The van der Waals surface area contributed by atoms with E-state index in [4.69, 9.17) is 16.3 Å². The molecule has 0 atom stereocenters. The summed E-state index contributed by atoms with van der Waals surface area (Å²) < 4.78 is 5.35. The molecule has 2 heterocycles. The number of benzene rings is 1. The van der Waals surface area contributed by atoms with Crippen LogP contribution >= 0.6 is 23.4 Å². The summed E-state index contributed by atoms with van der Waals surface area (Å²) >= 11 is 7.35. The number of nitrogens with zero attached hydrogens (tertiary/aromatic N) is 2. The van der Waals surface area contributed by atoms with E-state index in [1.165, 1.54) is 11.8 Å². The molecule has 5 nitrogen and oxygen atoms in total. The monoisotopic (exact) mass is 363 g/mol. The van der Waals surface area contributed by atoms with Crippen molar-refractivity contribution in [2.75, 3.05) is 42.3 Å². The van der Waals surface area contributed by atoms with Crippen molar-refractivity contribution < 1.29 is 9.53 Å². The van der Waals surface area contributed by atoms with Crippen LogP contribution in [0.2, 0.25) is 5.02 Å². The van der Waals surface area contributed by atoms with Gasteiger partial charge in [-0.25, -0.2) is 4.98 Å². The highest BCUT2D eigenvalue weighted by molar-refractivity contribution is 8.00. The largest absolute Gasteiger partial charge is 0.378 e. The molecule has 24 heavy (non-hydrogen) atoms. The number of anilines is 2. The number of halogens is 1. The molecule has 0 bridgehead atoms. The van der Waals surface area contributed by atoms with Crippen molar-refractivity contribution in [3.63, 3.8) is 0 Å². The van der Waals surface area contributed by atoms with Gasteiger partial charge in [0.05, 0.1) is 24.0 Å². The number of hydrogen-bond donors (Lipinski definition) is 1. The summed E-state index contributed by atoms with van der Waals surface area (Å²) in [6.45, 7) is 3.30. The van der Waals surface area contributed by atoms with Crippen LogP contribution in [0.3, 0.4) is 0 Å². The van der Waals surface area contributed by atoms with Gasteiger partial charge in [-0.15, -0.1) is 0 Å². The fraction of sp³-hybridized carbons (Fsp3) is 0.294. The summed E-state index contributed by atoms with van der Waals surface area (Å²) in [4.78, 5) is 18.5. The van der Waals surface area contributed by atoms with Gasteiger partial charge in [-0.3, -0.25) is 4.79 Å². The molecule has 1 aliphatic heterocycles. The van der Waals surface area contributed by atoms with Crippen molar-refractivity contribution in [2.45, 2.75) is 5.03 Å². The smallest absolute Gasteiger partial charge is 0.234 e. The molecule has 7 heteroatoms. The van der Waals surface area contributed by atoms with Gasteiger partial charge in [-0.2, -0.15) is 0 Å². The first-order valence-corrected chi connectivity index (χ1v) is 9.04. The summed E-state index contributed by atoms with van der Waals surface area (Å²) in [6, 6.07) is 11.4. The van der Waals surface area contributed by atoms with E-state index in [0.29, 0.717) is 10.0 Å². The molecule has 0 spiro atoms. The fourth-order valence-electron chi connectivity index (χ4n) is 2.39. The summed E-state index contributed by atoms with van der Waals surface area (Å²) in [6.07, 6.45) is 1.66. The Bertz CT molecular complexity index is 690. The number of carbonyl (C=O) groups is 1. The highest BCUT2D eigenvalue weighted by Crippen LogP contribution is 2.24. The summed E-state index contributed by atoms with van der Waals surface area (Å²) in [7, 11) is 0. The number of morpholine rings is 1. The zero-order chi connectivity index (χ0) is 16.8. The van der Waals surface area contributed by atoms with Gasteiger partial charge >= 0.3 is 0 Å². The third-order valence-corrected chi connectivity index (χ3v) is 5.01. The maximum Gasteiger partial charge on any atom is 0.234 e. The van der Waals surface area contributed by atoms with Crippen LogP contribution in [0, 0.1) is 0 Å². The van der Waals surface area contributed by atoms with Crippen LogP contribution in [0.1, 0.15) is 0 Å². The number of rotatable bonds is 5. The first-order valence-electron chi connectivity index (χ1n) is 7.68. The zero-order valence-corrected chi connectivity index (χ0v) is 14.6. The van der Waals surface area contributed by atoms with Crippen LogP contribution in [-0.4, -0.2) is 42.9 Å². The SMILES string of the molecule is O=C(CSc1ncccc1Cl)Nc1ccc(N2CCOCC2)cc1. The zero-order valence-electron chi connectivity index (χ0n) is 13.1. The van der Waals surface area contributed by atoms with Gasteiger partial charge in [0.15, 0.2) is 0 Å². The molecule has 1 aliphatic rings. The second-order valence-corrected chi connectivity index (χ2v) is 6.64. The minimum Gasteiger partial charge on any atom is -0.378 e. The second kappa shape index (κ2) is 8.37. The lowest BCUT2D eigenvalue weighted by atomic mass is 10.2. The maximum absolute atomic E-state index is 12.1. The fourth-order valence-corrected chi connectivity index (χ4v) is 3.35. The van der Waals surface area contributed by atoms with Crippen molar-refractivity contribution in [1.29, 1.82) is 0 Å². The van der Waals surface area contributed by atoms with E-state index >= 15 is 0 Å². The number of carbonyl (C=O) groups excluding carboxylic acids is 1. The first-order chi connectivity index (χ1) is 11.7. The molecular formula is C17H18ClN3O2S. The van der Waals surface area contributed by atoms with Gasteiger partial charge in [0.1, 0.15) is 5.03 Å². The Morgan fingerprint density at radius 3 is 2.71 bits per heavy atom. The summed E-state index contributed by atoms with van der Waals surface area (Å²) in [5.74, 6) is 0.183. The van der Waals surface area contributed by atoms with Crippen molar-refractivity contribution in [1.82, 2.24) is 4.98 Å². The third kappa shape index (κ3) is 4.63. The molecule has 1 aromatic carbocycles. The van der Waals surface area contributed by atoms with Gasteiger partial charge < -0.3 is 15.0 Å². The van der Waals surface area contributed by atoms with Crippen LogP contribution in [0.4, 0.5) is 11.4 Å². The number of thioether (sulfide) groups is 1. The molecular weight excluding hydrogens is 346 g/mol. The molecule has 1 saturated heterocycles. The highest BCUT2D eigenvalue weighted by Gasteiger charge is 2.11. The Morgan fingerprint density at radius 1 is 1.25 bits per heavy atom. The van der Waals surface area contributed by atoms with Gasteiger partial charge in [0, 0.05) is 30.7 Å². The van der Waals surface area contributed by atoms with E-state index in [2.05, 4.69) is 15.2 Å². The standard InChI is InChI=1S/C17H18ClN3O2S/c18-15-2-1-7-19-17(15)24-12-16(22)20-13-3-5-14(6-4-13)21-8-10-23-11-9-21/h1-7H,8-12H2,(H,20,22). The molecule has 0 radical (unpaired) electrons. The molecule has 126 valence electrons. The number of pyridine rings is 1. The van der Waals surface area contributed by atoms with Crippen LogP contribution in [-0.2, 0) is 9.53 Å². The second-order valence-electron chi connectivity index (χ2n) is 5.27.